The standard InChI is InChI=1S/C27H30F3N5O4S/c1-15-11-31-22(40-15)18-8-17(21(36)34-16(2)19-12-32-23(33-13-19)27(28,29)30)9-20(10-18)38-14-26(6-7-26)35-24(37)39-25(3,4)5/h8-13,16H,6-7,14H2,1-5H3,(H,34,36)(H,35,37)/t16-/m1/s1. The smallest absolute Gasteiger partial charge is 0.451 e. The number of amides is 2. The number of thiazole rings is 1. The van der Waals surface area contributed by atoms with E-state index in [2.05, 4.69) is 25.6 Å². The van der Waals surface area contributed by atoms with Crippen molar-refractivity contribution in [2.75, 3.05) is 6.61 Å². The van der Waals surface area contributed by atoms with E-state index in [4.69, 9.17) is 9.47 Å². The van der Waals surface area contributed by atoms with E-state index in [1.165, 1.54) is 11.3 Å². The molecule has 1 atom stereocenters. The number of aromatic nitrogens is 3. The average Bonchev–Trinajstić information content (AvgIpc) is 3.48. The number of alkyl halides is 3. The summed E-state index contributed by atoms with van der Waals surface area (Å²) < 4.78 is 49.8. The van der Waals surface area contributed by atoms with Crippen molar-refractivity contribution < 1.29 is 32.2 Å². The Morgan fingerprint density at radius 2 is 1.75 bits per heavy atom. The molecule has 1 aromatic carbocycles. The second-order valence-electron chi connectivity index (χ2n) is 10.8. The van der Waals surface area contributed by atoms with Gasteiger partial charge in [-0.3, -0.25) is 4.79 Å². The molecule has 4 rings (SSSR count). The summed E-state index contributed by atoms with van der Waals surface area (Å²) in [4.78, 5) is 37.6. The highest BCUT2D eigenvalue weighted by molar-refractivity contribution is 7.14. The van der Waals surface area contributed by atoms with Gasteiger partial charge in [-0.25, -0.2) is 19.7 Å². The van der Waals surface area contributed by atoms with Crippen molar-refractivity contribution in [3.63, 3.8) is 0 Å². The molecule has 2 heterocycles. The first-order valence-corrected chi connectivity index (χ1v) is 13.4. The molecule has 40 heavy (non-hydrogen) atoms. The number of alkyl carbamates (subject to hydrolysis) is 1. The zero-order valence-electron chi connectivity index (χ0n) is 22.7. The fourth-order valence-corrected chi connectivity index (χ4v) is 4.45. The summed E-state index contributed by atoms with van der Waals surface area (Å²) in [5.74, 6) is -1.32. The molecule has 1 saturated carbocycles. The van der Waals surface area contributed by atoms with Crippen molar-refractivity contribution in [2.24, 2.45) is 0 Å². The first-order chi connectivity index (χ1) is 18.6. The summed E-state index contributed by atoms with van der Waals surface area (Å²) in [6.45, 7) is 9.06. The average molecular weight is 578 g/mol. The molecule has 1 aliphatic rings. The number of ether oxygens (including phenoxy) is 2. The van der Waals surface area contributed by atoms with Gasteiger partial charge in [-0.2, -0.15) is 13.2 Å². The van der Waals surface area contributed by atoms with E-state index in [0.717, 1.165) is 30.1 Å². The number of benzene rings is 1. The van der Waals surface area contributed by atoms with Crippen LogP contribution in [0.1, 0.15) is 73.2 Å². The summed E-state index contributed by atoms with van der Waals surface area (Å²) in [6, 6.07) is 4.34. The number of halogens is 3. The zero-order valence-corrected chi connectivity index (χ0v) is 23.5. The van der Waals surface area contributed by atoms with Crippen molar-refractivity contribution in [3.8, 4) is 16.3 Å². The van der Waals surface area contributed by atoms with E-state index in [1.807, 2.05) is 6.92 Å². The number of carbonyl (C=O) groups is 2. The van der Waals surface area contributed by atoms with Crippen LogP contribution in [0, 0.1) is 6.92 Å². The number of nitrogens with one attached hydrogen (secondary N) is 2. The Bertz CT molecular complexity index is 1380. The predicted molar refractivity (Wildman–Crippen MR) is 142 cm³/mol. The van der Waals surface area contributed by atoms with Gasteiger partial charge in [-0.05, 0) is 65.7 Å². The second kappa shape index (κ2) is 11.0. The predicted octanol–water partition coefficient (Wildman–Crippen LogP) is 5.85. The van der Waals surface area contributed by atoms with Crippen LogP contribution in [0.2, 0.25) is 0 Å². The van der Waals surface area contributed by atoms with Gasteiger partial charge in [0.1, 0.15) is 23.0 Å². The molecule has 0 aliphatic heterocycles. The van der Waals surface area contributed by atoms with E-state index in [0.29, 0.717) is 21.9 Å². The lowest BCUT2D eigenvalue weighted by atomic mass is 10.1. The van der Waals surface area contributed by atoms with Gasteiger partial charge in [0.2, 0.25) is 5.82 Å². The third kappa shape index (κ3) is 7.68. The van der Waals surface area contributed by atoms with Crippen LogP contribution in [-0.2, 0) is 10.9 Å². The number of aryl methyl sites for hydroxylation is 1. The Morgan fingerprint density at radius 1 is 1.07 bits per heavy atom. The SMILES string of the molecule is Cc1cnc(-c2cc(OCC3(NC(=O)OC(C)(C)C)CC3)cc(C(=O)N[C@H](C)c3cnc(C(F)(F)F)nc3)c2)s1. The first kappa shape index (κ1) is 29.2. The molecule has 0 radical (unpaired) electrons. The largest absolute Gasteiger partial charge is 0.491 e. The van der Waals surface area contributed by atoms with Gasteiger partial charge in [0.25, 0.3) is 5.91 Å². The van der Waals surface area contributed by atoms with E-state index in [9.17, 15) is 22.8 Å². The normalized spacial score (nSPS) is 15.2. The lowest BCUT2D eigenvalue weighted by molar-refractivity contribution is -0.145. The molecular formula is C27H30F3N5O4S. The van der Waals surface area contributed by atoms with E-state index in [-0.39, 0.29) is 12.2 Å². The monoisotopic (exact) mass is 577 g/mol. The van der Waals surface area contributed by atoms with Gasteiger partial charge in [-0.15, -0.1) is 11.3 Å². The van der Waals surface area contributed by atoms with Crippen LogP contribution < -0.4 is 15.4 Å². The summed E-state index contributed by atoms with van der Waals surface area (Å²) in [6.07, 6.45) is 0.0617. The minimum Gasteiger partial charge on any atom is -0.491 e. The molecular weight excluding hydrogens is 547 g/mol. The Morgan fingerprint density at radius 3 is 2.30 bits per heavy atom. The van der Waals surface area contributed by atoms with Crippen molar-refractivity contribution in [1.29, 1.82) is 0 Å². The number of rotatable bonds is 8. The van der Waals surface area contributed by atoms with Crippen molar-refractivity contribution >= 4 is 23.3 Å². The molecule has 2 N–H and O–H groups in total. The van der Waals surface area contributed by atoms with E-state index < -0.39 is 41.2 Å². The number of nitrogens with zero attached hydrogens (tertiary/aromatic N) is 3. The Balaban J connectivity index is 1.51. The molecule has 0 saturated heterocycles. The molecule has 0 unspecified atom stereocenters. The first-order valence-electron chi connectivity index (χ1n) is 12.5. The number of hydrogen-bond donors (Lipinski definition) is 2. The minimum atomic E-state index is -4.66. The Kier molecular flexibility index (Phi) is 8.06. The van der Waals surface area contributed by atoms with Crippen LogP contribution in [-0.4, -0.2) is 44.7 Å². The number of hydrogen-bond acceptors (Lipinski definition) is 8. The third-order valence-electron chi connectivity index (χ3n) is 5.94. The third-order valence-corrected chi connectivity index (χ3v) is 6.91. The van der Waals surface area contributed by atoms with Gasteiger partial charge in [-0.1, -0.05) is 0 Å². The maximum atomic E-state index is 13.2. The molecule has 3 aromatic rings. The van der Waals surface area contributed by atoms with Crippen LogP contribution in [0.25, 0.3) is 10.6 Å². The maximum absolute atomic E-state index is 13.2. The van der Waals surface area contributed by atoms with Crippen molar-refractivity contribution in [3.05, 3.63) is 58.6 Å². The highest BCUT2D eigenvalue weighted by atomic mass is 32.1. The van der Waals surface area contributed by atoms with Crippen LogP contribution >= 0.6 is 11.3 Å². The highest BCUT2D eigenvalue weighted by Gasteiger charge is 2.46. The maximum Gasteiger partial charge on any atom is 0.451 e. The van der Waals surface area contributed by atoms with Gasteiger partial charge >= 0.3 is 12.3 Å². The lowest BCUT2D eigenvalue weighted by Gasteiger charge is -2.23. The Labute approximate surface area is 233 Å². The molecule has 1 fully saturated rings. The molecule has 2 aromatic heterocycles. The minimum absolute atomic E-state index is 0.174. The highest BCUT2D eigenvalue weighted by Crippen LogP contribution is 2.37. The molecule has 2 amide bonds. The number of carbonyl (C=O) groups excluding carboxylic acids is 2. The quantitative estimate of drug-likeness (QED) is 0.345. The van der Waals surface area contributed by atoms with Gasteiger partial charge in [0.15, 0.2) is 0 Å². The van der Waals surface area contributed by atoms with Crippen molar-refractivity contribution in [1.82, 2.24) is 25.6 Å². The van der Waals surface area contributed by atoms with Gasteiger partial charge in [0.05, 0.1) is 11.6 Å². The topological polar surface area (TPSA) is 115 Å². The van der Waals surface area contributed by atoms with Crippen LogP contribution in [0.3, 0.4) is 0 Å². The molecule has 0 spiro atoms. The second-order valence-corrected chi connectivity index (χ2v) is 12.0. The fourth-order valence-electron chi connectivity index (χ4n) is 3.69. The molecule has 0 bridgehead atoms. The van der Waals surface area contributed by atoms with Gasteiger partial charge < -0.3 is 20.1 Å². The van der Waals surface area contributed by atoms with Gasteiger partial charge in [0, 0.05) is 40.2 Å². The Hall–Kier alpha value is -3.74. The lowest BCUT2D eigenvalue weighted by Crippen LogP contribution is -2.44. The van der Waals surface area contributed by atoms with Crippen molar-refractivity contribution in [2.45, 2.75) is 70.8 Å². The molecule has 1 aliphatic carbocycles. The summed E-state index contributed by atoms with van der Waals surface area (Å²) in [5.41, 5.74) is 0.0533. The zero-order chi connectivity index (χ0) is 29.3. The van der Waals surface area contributed by atoms with E-state index >= 15 is 0 Å². The van der Waals surface area contributed by atoms with Crippen LogP contribution in [0.15, 0.2) is 36.8 Å². The summed E-state index contributed by atoms with van der Waals surface area (Å²) in [7, 11) is 0. The van der Waals surface area contributed by atoms with Crippen LogP contribution in [0.5, 0.6) is 5.75 Å². The fraction of sp³-hybridized carbons (Fsp3) is 0.444. The summed E-state index contributed by atoms with van der Waals surface area (Å²) >= 11 is 1.45. The molecule has 9 nitrogen and oxygen atoms in total. The van der Waals surface area contributed by atoms with Crippen LogP contribution in [0.4, 0.5) is 18.0 Å². The molecule has 13 heteroatoms. The van der Waals surface area contributed by atoms with E-state index in [1.54, 1.807) is 52.1 Å². The summed E-state index contributed by atoms with van der Waals surface area (Å²) in [5, 5.41) is 6.34. The molecule has 214 valence electrons.